The molecular weight excluding hydrogens is 230 g/mol. The molecule has 2 N–H and O–H groups in total. The fourth-order valence-corrected chi connectivity index (χ4v) is 1.26. The zero-order valence-corrected chi connectivity index (χ0v) is 10.1. The second-order valence-electron chi connectivity index (χ2n) is 3.43. The van der Waals surface area contributed by atoms with Gasteiger partial charge in [-0.25, -0.2) is 5.48 Å². The third kappa shape index (κ3) is 4.37. The topological polar surface area (TPSA) is 50.7 Å². The standard InChI is InChI=1S/C11H16ClNO3/c1-8-5-10(3-4-11(8)12)16-7-9(14)6-13-15-2/h3-5,9,13-14H,6-7H2,1-2H3. The molecule has 1 atom stereocenters. The van der Waals surface area contributed by atoms with E-state index in [2.05, 4.69) is 10.3 Å². The van der Waals surface area contributed by atoms with Gasteiger partial charge in [0, 0.05) is 5.02 Å². The number of hydrogen-bond donors (Lipinski definition) is 2. The van der Waals surface area contributed by atoms with E-state index in [-0.39, 0.29) is 6.61 Å². The van der Waals surface area contributed by atoms with Gasteiger partial charge in [0.2, 0.25) is 0 Å². The number of aliphatic hydroxyl groups excluding tert-OH is 1. The molecule has 0 saturated heterocycles. The lowest BCUT2D eigenvalue weighted by Gasteiger charge is -2.12. The molecule has 4 nitrogen and oxygen atoms in total. The fraction of sp³-hybridized carbons (Fsp3) is 0.455. The van der Waals surface area contributed by atoms with Crippen LogP contribution in [0.4, 0.5) is 0 Å². The van der Waals surface area contributed by atoms with Crippen molar-refractivity contribution in [1.29, 1.82) is 0 Å². The highest BCUT2D eigenvalue weighted by Crippen LogP contribution is 2.20. The van der Waals surface area contributed by atoms with Crippen molar-refractivity contribution in [2.24, 2.45) is 0 Å². The molecule has 16 heavy (non-hydrogen) atoms. The third-order valence-electron chi connectivity index (χ3n) is 2.04. The van der Waals surface area contributed by atoms with E-state index in [1.807, 2.05) is 13.0 Å². The molecule has 0 aliphatic heterocycles. The van der Waals surface area contributed by atoms with Crippen LogP contribution in [0.15, 0.2) is 18.2 Å². The summed E-state index contributed by atoms with van der Waals surface area (Å²) in [5.41, 5.74) is 3.50. The zero-order valence-electron chi connectivity index (χ0n) is 9.37. The van der Waals surface area contributed by atoms with Gasteiger partial charge < -0.3 is 14.7 Å². The summed E-state index contributed by atoms with van der Waals surface area (Å²) in [6.45, 7) is 2.43. The van der Waals surface area contributed by atoms with Gasteiger partial charge >= 0.3 is 0 Å². The number of hydrogen-bond acceptors (Lipinski definition) is 4. The van der Waals surface area contributed by atoms with E-state index in [9.17, 15) is 5.11 Å². The van der Waals surface area contributed by atoms with Gasteiger partial charge in [-0.15, -0.1) is 0 Å². The average molecular weight is 246 g/mol. The van der Waals surface area contributed by atoms with Gasteiger partial charge in [0.1, 0.15) is 18.5 Å². The number of hydroxylamine groups is 1. The molecule has 0 heterocycles. The Hall–Kier alpha value is -0.810. The van der Waals surface area contributed by atoms with Crippen molar-refractivity contribution in [3.05, 3.63) is 28.8 Å². The number of aryl methyl sites for hydroxylation is 1. The second kappa shape index (κ2) is 6.70. The monoisotopic (exact) mass is 245 g/mol. The van der Waals surface area contributed by atoms with Crippen LogP contribution in [0.2, 0.25) is 5.02 Å². The Bertz CT molecular complexity index is 333. The highest BCUT2D eigenvalue weighted by Gasteiger charge is 2.05. The van der Waals surface area contributed by atoms with Gasteiger partial charge in [-0.2, -0.15) is 0 Å². The number of ether oxygens (including phenoxy) is 1. The smallest absolute Gasteiger partial charge is 0.119 e. The molecule has 0 amide bonds. The molecule has 1 aromatic carbocycles. The lowest BCUT2D eigenvalue weighted by atomic mass is 10.2. The predicted octanol–water partition coefficient (Wildman–Crippen LogP) is 1.54. The molecule has 0 fully saturated rings. The molecule has 1 rings (SSSR count). The lowest BCUT2D eigenvalue weighted by molar-refractivity contribution is 0.0322. The largest absolute Gasteiger partial charge is 0.491 e. The van der Waals surface area contributed by atoms with Gasteiger partial charge in [-0.3, -0.25) is 0 Å². The Morgan fingerprint density at radius 1 is 1.50 bits per heavy atom. The first kappa shape index (κ1) is 13.3. The first-order chi connectivity index (χ1) is 7.63. The minimum atomic E-state index is -0.615. The van der Waals surface area contributed by atoms with Crippen LogP contribution >= 0.6 is 11.6 Å². The van der Waals surface area contributed by atoms with E-state index in [1.165, 1.54) is 7.11 Å². The first-order valence-electron chi connectivity index (χ1n) is 4.96. The van der Waals surface area contributed by atoms with E-state index >= 15 is 0 Å². The van der Waals surface area contributed by atoms with Crippen LogP contribution in [0, 0.1) is 6.92 Å². The number of halogens is 1. The maximum absolute atomic E-state index is 9.47. The van der Waals surface area contributed by atoms with Crippen LogP contribution in [0.3, 0.4) is 0 Å². The van der Waals surface area contributed by atoms with E-state index in [4.69, 9.17) is 16.3 Å². The van der Waals surface area contributed by atoms with Crippen molar-refractivity contribution >= 4 is 11.6 Å². The van der Waals surface area contributed by atoms with Crippen molar-refractivity contribution in [2.45, 2.75) is 13.0 Å². The van der Waals surface area contributed by atoms with Crippen molar-refractivity contribution in [2.75, 3.05) is 20.3 Å². The van der Waals surface area contributed by atoms with E-state index in [0.717, 1.165) is 5.56 Å². The van der Waals surface area contributed by atoms with Gasteiger partial charge in [0.25, 0.3) is 0 Å². The summed E-state index contributed by atoms with van der Waals surface area (Å²) < 4.78 is 5.40. The number of aliphatic hydroxyl groups is 1. The number of nitrogens with one attached hydrogen (secondary N) is 1. The molecule has 0 aromatic heterocycles. The van der Waals surface area contributed by atoms with Crippen LogP contribution in [-0.4, -0.2) is 31.5 Å². The average Bonchev–Trinajstić information content (AvgIpc) is 2.28. The van der Waals surface area contributed by atoms with Gasteiger partial charge in [-0.05, 0) is 30.7 Å². The summed E-state index contributed by atoms with van der Waals surface area (Å²) in [7, 11) is 1.50. The molecule has 0 radical (unpaired) electrons. The molecular formula is C11H16ClNO3. The first-order valence-corrected chi connectivity index (χ1v) is 5.34. The van der Waals surface area contributed by atoms with Crippen LogP contribution in [-0.2, 0) is 4.84 Å². The number of rotatable bonds is 6. The Balaban J connectivity index is 2.39. The van der Waals surface area contributed by atoms with Crippen LogP contribution < -0.4 is 10.2 Å². The summed E-state index contributed by atoms with van der Waals surface area (Å²) in [5.74, 6) is 0.693. The van der Waals surface area contributed by atoms with E-state index in [1.54, 1.807) is 12.1 Å². The Morgan fingerprint density at radius 2 is 2.25 bits per heavy atom. The Morgan fingerprint density at radius 3 is 2.88 bits per heavy atom. The Labute approximate surface area is 100 Å². The summed E-state index contributed by atoms with van der Waals surface area (Å²) >= 11 is 5.88. The van der Waals surface area contributed by atoms with Gasteiger partial charge in [0.15, 0.2) is 0 Å². The van der Waals surface area contributed by atoms with Crippen molar-refractivity contribution in [1.82, 2.24) is 5.48 Å². The fourth-order valence-electron chi connectivity index (χ4n) is 1.14. The number of benzene rings is 1. The highest BCUT2D eigenvalue weighted by molar-refractivity contribution is 6.31. The van der Waals surface area contributed by atoms with Crippen molar-refractivity contribution in [3.8, 4) is 5.75 Å². The molecule has 0 saturated carbocycles. The van der Waals surface area contributed by atoms with Gasteiger partial charge in [0.05, 0.1) is 13.7 Å². The summed E-state index contributed by atoms with van der Waals surface area (Å²) in [5, 5.41) is 10.2. The van der Waals surface area contributed by atoms with Crippen LogP contribution in [0.1, 0.15) is 5.56 Å². The van der Waals surface area contributed by atoms with Gasteiger partial charge in [-0.1, -0.05) is 11.6 Å². The third-order valence-corrected chi connectivity index (χ3v) is 2.46. The summed E-state index contributed by atoms with van der Waals surface area (Å²) in [6.07, 6.45) is -0.615. The normalized spacial score (nSPS) is 12.5. The quantitative estimate of drug-likeness (QED) is 0.747. The van der Waals surface area contributed by atoms with E-state index < -0.39 is 6.10 Å². The van der Waals surface area contributed by atoms with Crippen LogP contribution in [0.25, 0.3) is 0 Å². The Kier molecular flexibility index (Phi) is 5.55. The minimum absolute atomic E-state index is 0.206. The lowest BCUT2D eigenvalue weighted by Crippen LogP contribution is -2.30. The molecule has 0 aliphatic rings. The van der Waals surface area contributed by atoms with Crippen LogP contribution in [0.5, 0.6) is 5.75 Å². The summed E-state index contributed by atoms with van der Waals surface area (Å²) in [4.78, 5) is 4.62. The molecule has 0 aliphatic carbocycles. The molecule has 90 valence electrons. The maximum atomic E-state index is 9.47. The SMILES string of the molecule is CONCC(O)COc1ccc(Cl)c(C)c1. The minimum Gasteiger partial charge on any atom is -0.491 e. The molecule has 0 bridgehead atoms. The molecule has 1 unspecified atom stereocenters. The van der Waals surface area contributed by atoms with E-state index in [0.29, 0.717) is 17.3 Å². The zero-order chi connectivity index (χ0) is 12.0. The predicted molar refractivity (Wildman–Crippen MR) is 62.7 cm³/mol. The second-order valence-corrected chi connectivity index (χ2v) is 3.84. The molecule has 5 heteroatoms. The van der Waals surface area contributed by atoms with Crippen molar-refractivity contribution in [3.63, 3.8) is 0 Å². The van der Waals surface area contributed by atoms with Crippen molar-refractivity contribution < 1.29 is 14.7 Å². The maximum Gasteiger partial charge on any atom is 0.119 e. The molecule has 0 spiro atoms. The highest BCUT2D eigenvalue weighted by atomic mass is 35.5. The summed E-state index contributed by atoms with van der Waals surface area (Å²) in [6, 6.07) is 5.37. The molecule has 1 aromatic rings.